The van der Waals surface area contributed by atoms with E-state index in [1.807, 2.05) is 31.2 Å². The second-order valence-electron chi connectivity index (χ2n) is 5.81. The first-order valence-electron chi connectivity index (χ1n) is 8.11. The number of aryl methyl sites for hydroxylation is 1. The number of rotatable bonds is 6. The summed E-state index contributed by atoms with van der Waals surface area (Å²) < 4.78 is 23.5. The van der Waals surface area contributed by atoms with Crippen molar-refractivity contribution < 1.29 is 18.4 Å². The molecule has 1 N–H and O–H groups in total. The molecule has 0 spiro atoms. The summed E-state index contributed by atoms with van der Waals surface area (Å²) in [5.74, 6) is 0.459. The number of aromatic nitrogens is 2. The Balaban J connectivity index is 1.54. The van der Waals surface area contributed by atoms with Crippen LogP contribution in [-0.4, -0.2) is 22.2 Å². The van der Waals surface area contributed by atoms with E-state index in [9.17, 15) is 9.18 Å². The number of halogens is 1. The summed E-state index contributed by atoms with van der Waals surface area (Å²) in [6.07, 6.45) is -0.750. The molecule has 1 amide bonds. The Hall–Kier alpha value is -3.22. The van der Waals surface area contributed by atoms with Crippen LogP contribution in [0.5, 0.6) is 5.75 Å². The molecule has 6 nitrogen and oxygen atoms in total. The van der Waals surface area contributed by atoms with E-state index in [0.29, 0.717) is 17.5 Å². The minimum atomic E-state index is -0.750. The summed E-state index contributed by atoms with van der Waals surface area (Å²) in [5, 5.41) is 6.58. The first-order chi connectivity index (χ1) is 12.5. The molecule has 3 aromatic rings. The summed E-state index contributed by atoms with van der Waals surface area (Å²) in [6.45, 7) is 3.69. The van der Waals surface area contributed by atoms with Gasteiger partial charge in [0.15, 0.2) is 6.10 Å². The predicted octanol–water partition coefficient (Wildman–Crippen LogP) is 3.27. The highest BCUT2D eigenvalue weighted by Crippen LogP contribution is 2.16. The molecule has 0 saturated heterocycles. The average Bonchev–Trinajstić information content (AvgIpc) is 3.11. The number of benzene rings is 2. The third-order valence-corrected chi connectivity index (χ3v) is 3.69. The van der Waals surface area contributed by atoms with Crippen molar-refractivity contribution in [2.24, 2.45) is 0 Å². The Kier molecular flexibility index (Phi) is 5.26. The van der Waals surface area contributed by atoms with Crippen LogP contribution in [0.4, 0.5) is 4.39 Å². The molecular formula is C19H18FN3O3. The van der Waals surface area contributed by atoms with Gasteiger partial charge in [-0.05, 0) is 38.1 Å². The average molecular weight is 355 g/mol. The van der Waals surface area contributed by atoms with Crippen LogP contribution in [0.1, 0.15) is 18.4 Å². The van der Waals surface area contributed by atoms with Gasteiger partial charge >= 0.3 is 0 Å². The van der Waals surface area contributed by atoms with Gasteiger partial charge in [-0.25, -0.2) is 4.39 Å². The number of carbonyl (C=O) groups is 1. The Labute approximate surface area is 150 Å². The first-order valence-corrected chi connectivity index (χ1v) is 8.11. The lowest BCUT2D eigenvalue weighted by atomic mass is 10.1. The Morgan fingerprint density at radius 3 is 2.58 bits per heavy atom. The minimum absolute atomic E-state index is 0.0921. The van der Waals surface area contributed by atoms with E-state index in [4.69, 9.17) is 9.26 Å². The van der Waals surface area contributed by atoms with Crippen LogP contribution >= 0.6 is 0 Å². The standard InChI is InChI=1S/C19H18FN3O3/c1-12-3-5-14(6-4-12)18-22-17(26-23-18)11-21-19(24)13(2)25-16-9-7-15(20)8-10-16/h3-10,13H,11H2,1-2H3,(H,21,24)/t13-/m0/s1. The molecule has 0 fully saturated rings. The number of hydrogen-bond donors (Lipinski definition) is 1. The lowest BCUT2D eigenvalue weighted by Crippen LogP contribution is -2.35. The second-order valence-corrected chi connectivity index (χ2v) is 5.81. The van der Waals surface area contributed by atoms with Crippen molar-refractivity contribution in [3.05, 3.63) is 65.8 Å². The molecule has 0 aliphatic heterocycles. The second kappa shape index (κ2) is 7.77. The molecule has 1 aromatic heterocycles. The van der Waals surface area contributed by atoms with Crippen LogP contribution in [-0.2, 0) is 11.3 Å². The fourth-order valence-corrected chi connectivity index (χ4v) is 2.22. The maximum absolute atomic E-state index is 12.9. The third kappa shape index (κ3) is 4.44. The van der Waals surface area contributed by atoms with Gasteiger partial charge in [0.05, 0.1) is 6.54 Å². The van der Waals surface area contributed by atoms with Crippen molar-refractivity contribution >= 4 is 5.91 Å². The summed E-state index contributed by atoms with van der Waals surface area (Å²) in [6, 6.07) is 13.2. The van der Waals surface area contributed by atoms with Crippen LogP contribution in [0, 0.1) is 12.7 Å². The monoisotopic (exact) mass is 355 g/mol. The van der Waals surface area contributed by atoms with Gasteiger partial charge in [0.2, 0.25) is 11.7 Å². The van der Waals surface area contributed by atoms with Gasteiger partial charge in [-0.3, -0.25) is 4.79 Å². The molecule has 2 aromatic carbocycles. The number of nitrogens with one attached hydrogen (secondary N) is 1. The predicted molar refractivity (Wildman–Crippen MR) is 92.8 cm³/mol. The Morgan fingerprint density at radius 2 is 1.88 bits per heavy atom. The van der Waals surface area contributed by atoms with Crippen molar-refractivity contribution in [1.82, 2.24) is 15.5 Å². The molecule has 0 aliphatic carbocycles. The highest BCUT2D eigenvalue weighted by Gasteiger charge is 2.16. The van der Waals surface area contributed by atoms with E-state index >= 15 is 0 Å². The van der Waals surface area contributed by atoms with E-state index in [2.05, 4.69) is 15.5 Å². The highest BCUT2D eigenvalue weighted by atomic mass is 19.1. The Morgan fingerprint density at radius 1 is 1.19 bits per heavy atom. The molecule has 26 heavy (non-hydrogen) atoms. The van der Waals surface area contributed by atoms with E-state index in [-0.39, 0.29) is 18.3 Å². The van der Waals surface area contributed by atoms with Crippen LogP contribution in [0.25, 0.3) is 11.4 Å². The maximum atomic E-state index is 12.9. The lowest BCUT2D eigenvalue weighted by Gasteiger charge is -2.13. The van der Waals surface area contributed by atoms with E-state index in [1.165, 1.54) is 24.3 Å². The van der Waals surface area contributed by atoms with Gasteiger partial charge in [0, 0.05) is 5.56 Å². The molecule has 0 radical (unpaired) electrons. The van der Waals surface area contributed by atoms with Gasteiger partial charge in [-0.2, -0.15) is 4.98 Å². The van der Waals surface area contributed by atoms with Crippen LogP contribution in [0.2, 0.25) is 0 Å². The van der Waals surface area contributed by atoms with Crippen molar-refractivity contribution in [1.29, 1.82) is 0 Å². The molecule has 0 bridgehead atoms. The van der Waals surface area contributed by atoms with Crippen molar-refractivity contribution in [3.63, 3.8) is 0 Å². The normalized spacial score (nSPS) is 11.8. The summed E-state index contributed by atoms with van der Waals surface area (Å²) >= 11 is 0. The molecular weight excluding hydrogens is 337 g/mol. The van der Waals surface area contributed by atoms with Crippen LogP contribution < -0.4 is 10.1 Å². The fourth-order valence-electron chi connectivity index (χ4n) is 2.22. The summed E-state index contributed by atoms with van der Waals surface area (Å²) in [7, 11) is 0. The molecule has 1 atom stereocenters. The number of ether oxygens (including phenoxy) is 1. The zero-order valence-electron chi connectivity index (χ0n) is 14.4. The molecule has 3 rings (SSSR count). The van der Waals surface area contributed by atoms with Crippen molar-refractivity contribution in [2.45, 2.75) is 26.5 Å². The molecule has 134 valence electrons. The topological polar surface area (TPSA) is 77.2 Å². The van der Waals surface area contributed by atoms with Gasteiger partial charge in [-0.15, -0.1) is 0 Å². The molecule has 1 heterocycles. The fraction of sp³-hybridized carbons (Fsp3) is 0.211. The SMILES string of the molecule is Cc1ccc(-c2noc(CNC(=O)[C@H](C)Oc3ccc(F)cc3)n2)cc1. The van der Waals surface area contributed by atoms with Crippen molar-refractivity contribution in [2.75, 3.05) is 0 Å². The van der Waals surface area contributed by atoms with E-state index < -0.39 is 6.10 Å². The highest BCUT2D eigenvalue weighted by molar-refractivity contribution is 5.80. The van der Waals surface area contributed by atoms with Gasteiger partial charge in [0.1, 0.15) is 11.6 Å². The maximum Gasteiger partial charge on any atom is 0.261 e. The van der Waals surface area contributed by atoms with Gasteiger partial charge in [0.25, 0.3) is 5.91 Å². The Bertz CT molecular complexity index is 876. The third-order valence-electron chi connectivity index (χ3n) is 3.69. The van der Waals surface area contributed by atoms with E-state index in [0.717, 1.165) is 11.1 Å². The van der Waals surface area contributed by atoms with Gasteiger partial charge < -0.3 is 14.6 Å². The zero-order chi connectivity index (χ0) is 18.5. The zero-order valence-corrected chi connectivity index (χ0v) is 14.4. The summed E-state index contributed by atoms with van der Waals surface area (Å²) in [5.41, 5.74) is 1.98. The van der Waals surface area contributed by atoms with Gasteiger partial charge in [-0.1, -0.05) is 35.0 Å². The number of hydrogen-bond acceptors (Lipinski definition) is 5. The van der Waals surface area contributed by atoms with Crippen molar-refractivity contribution in [3.8, 4) is 17.1 Å². The number of carbonyl (C=O) groups excluding carboxylic acids is 1. The molecule has 0 aliphatic rings. The number of nitrogens with zero attached hydrogens (tertiary/aromatic N) is 2. The smallest absolute Gasteiger partial charge is 0.261 e. The largest absolute Gasteiger partial charge is 0.481 e. The van der Waals surface area contributed by atoms with Crippen LogP contribution in [0.15, 0.2) is 53.1 Å². The van der Waals surface area contributed by atoms with E-state index in [1.54, 1.807) is 6.92 Å². The lowest BCUT2D eigenvalue weighted by molar-refractivity contribution is -0.127. The number of amides is 1. The minimum Gasteiger partial charge on any atom is -0.481 e. The molecule has 0 unspecified atom stereocenters. The first kappa shape index (κ1) is 17.6. The quantitative estimate of drug-likeness (QED) is 0.734. The summed E-state index contributed by atoms with van der Waals surface area (Å²) in [4.78, 5) is 16.4. The van der Waals surface area contributed by atoms with Crippen LogP contribution in [0.3, 0.4) is 0 Å². The molecule has 7 heteroatoms. The molecule has 0 saturated carbocycles.